The number of aromatic nitrogens is 6. The molecular formula is C16H15N7O2. The van der Waals surface area contributed by atoms with E-state index in [0.29, 0.717) is 23.6 Å². The number of nitro groups is 1. The molecule has 0 aliphatic carbocycles. The van der Waals surface area contributed by atoms with Gasteiger partial charge in [-0.15, -0.1) is 5.10 Å². The summed E-state index contributed by atoms with van der Waals surface area (Å²) in [5.41, 5.74) is 2.24. The van der Waals surface area contributed by atoms with Crippen molar-refractivity contribution in [3.8, 4) is 0 Å². The molecule has 9 heteroatoms. The van der Waals surface area contributed by atoms with Crippen molar-refractivity contribution in [3.05, 3.63) is 58.3 Å². The second kappa shape index (κ2) is 5.62. The van der Waals surface area contributed by atoms with Crippen molar-refractivity contribution in [2.75, 3.05) is 0 Å². The summed E-state index contributed by atoms with van der Waals surface area (Å²) >= 11 is 0. The van der Waals surface area contributed by atoms with Gasteiger partial charge in [-0.05, 0) is 30.4 Å². The second-order valence-corrected chi connectivity index (χ2v) is 5.77. The summed E-state index contributed by atoms with van der Waals surface area (Å²) in [5, 5.41) is 20.5. The van der Waals surface area contributed by atoms with Gasteiger partial charge in [0.1, 0.15) is 12.4 Å². The number of nitrogens with zero attached hydrogens (tertiary/aromatic N) is 7. The van der Waals surface area contributed by atoms with Gasteiger partial charge in [0.25, 0.3) is 0 Å². The third-order valence-electron chi connectivity index (χ3n) is 4.18. The molecule has 0 bridgehead atoms. The lowest BCUT2D eigenvalue weighted by molar-refractivity contribution is -0.389. The van der Waals surface area contributed by atoms with Crippen LogP contribution in [0.15, 0.2) is 36.7 Å². The Morgan fingerprint density at radius 1 is 1.28 bits per heavy atom. The summed E-state index contributed by atoms with van der Waals surface area (Å²) in [4.78, 5) is 19.5. The average molecular weight is 337 g/mol. The van der Waals surface area contributed by atoms with Crippen molar-refractivity contribution in [1.29, 1.82) is 0 Å². The largest absolute Gasteiger partial charge is 0.390 e. The Morgan fingerprint density at radius 2 is 2.08 bits per heavy atom. The van der Waals surface area contributed by atoms with Crippen molar-refractivity contribution in [2.45, 2.75) is 26.3 Å². The first-order valence-corrected chi connectivity index (χ1v) is 7.89. The molecule has 0 fully saturated rings. The molecule has 25 heavy (non-hydrogen) atoms. The van der Waals surface area contributed by atoms with Crippen molar-refractivity contribution < 1.29 is 4.92 Å². The minimum atomic E-state index is -0.495. The average Bonchev–Trinajstić information content (AvgIpc) is 3.20. The molecule has 4 rings (SSSR count). The fourth-order valence-electron chi connectivity index (χ4n) is 2.98. The molecule has 0 aliphatic heterocycles. The van der Waals surface area contributed by atoms with E-state index in [-0.39, 0.29) is 11.9 Å². The molecule has 3 aromatic heterocycles. The van der Waals surface area contributed by atoms with Crippen LogP contribution in [0.2, 0.25) is 0 Å². The Hall–Kier alpha value is -3.36. The number of fused-ring (bicyclic) bond motifs is 3. The van der Waals surface area contributed by atoms with Crippen molar-refractivity contribution in [2.24, 2.45) is 0 Å². The summed E-state index contributed by atoms with van der Waals surface area (Å²) < 4.78 is 3.25. The van der Waals surface area contributed by atoms with E-state index in [1.807, 2.05) is 31.2 Å². The molecule has 9 nitrogen and oxygen atoms in total. The van der Waals surface area contributed by atoms with Crippen LogP contribution in [-0.2, 0) is 0 Å². The van der Waals surface area contributed by atoms with Crippen LogP contribution in [0.5, 0.6) is 0 Å². The number of para-hydroxylation sites is 1. The first-order valence-electron chi connectivity index (χ1n) is 7.89. The Morgan fingerprint density at radius 3 is 2.80 bits per heavy atom. The van der Waals surface area contributed by atoms with Gasteiger partial charge in [0.2, 0.25) is 0 Å². The molecule has 0 saturated heterocycles. The van der Waals surface area contributed by atoms with Crippen LogP contribution in [0, 0.1) is 17.0 Å². The number of aryl methyl sites for hydroxylation is 1. The maximum absolute atomic E-state index is 11.0. The zero-order valence-corrected chi connectivity index (χ0v) is 13.7. The molecule has 0 aliphatic rings. The number of rotatable bonds is 4. The first-order chi connectivity index (χ1) is 12.1. The Kier molecular flexibility index (Phi) is 3.41. The van der Waals surface area contributed by atoms with Crippen LogP contribution in [0.25, 0.3) is 16.6 Å². The molecule has 1 atom stereocenters. The molecule has 3 heterocycles. The minimum absolute atomic E-state index is 0.174. The van der Waals surface area contributed by atoms with Gasteiger partial charge >= 0.3 is 5.82 Å². The van der Waals surface area contributed by atoms with Crippen molar-refractivity contribution in [3.63, 3.8) is 0 Å². The quantitative estimate of drug-likeness (QED) is 0.419. The van der Waals surface area contributed by atoms with E-state index < -0.39 is 4.92 Å². The molecule has 1 aromatic carbocycles. The van der Waals surface area contributed by atoms with Gasteiger partial charge in [-0.2, -0.15) is 4.68 Å². The van der Waals surface area contributed by atoms with E-state index in [2.05, 4.69) is 20.2 Å². The third kappa shape index (κ3) is 2.40. The zero-order chi connectivity index (χ0) is 17.6. The smallest absolute Gasteiger partial charge is 0.358 e. The van der Waals surface area contributed by atoms with Crippen LogP contribution in [0.1, 0.15) is 30.9 Å². The van der Waals surface area contributed by atoms with Crippen LogP contribution in [0.3, 0.4) is 0 Å². The van der Waals surface area contributed by atoms with Crippen molar-refractivity contribution in [1.82, 2.24) is 29.4 Å². The molecule has 0 N–H and O–H groups in total. The molecular weight excluding hydrogens is 322 g/mol. The van der Waals surface area contributed by atoms with E-state index in [4.69, 9.17) is 0 Å². The Labute approximate surface area is 142 Å². The molecule has 1 unspecified atom stereocenters. The van der Waals surface area contributed by atoms with Crippen molar-refractivity contribution >= 4 is 22.4 Å². The van der Waals surface area contributed by atoms with Crippen LogP contribution < -0.4 is 0 Å². The normalized spacial score (nSPS) is 12.7. The SMILES string of the molecule is CCC(c1nc2c3ccccc3ncn2n1)n1nc([N+](=O)[O-])cc1C. The Balaban J connectivity index is 1.87. The van der Waals surface area contributed by atoms with Gasteiger partial charge in [0.15, 0.2) is 11.5 Å². The maximum atomic E-state index is 11.0. The zero-order valence-electron chi connectivity index (χ0n) is 13.7. The third-order valence-corrected chi connectivity index (χ3v) is 4.18. The lowest BCUT2D eigenvalue weighted by Crippen LogP contribution is -2.14. The Bertz CT molecular complexity index is 1100. The first kappa shape index (κ1) is 15.2. The molecule has 0 amide bonds. The highest BCUT2D eigenvalue weighted by Crippen LogP contribution is 2.25. The predicted octanol–water partition coefficient (Wildman–Crippen LogP) is 2.69. The highest BCUT2D eigenvalue weighted by atomic mass is 16.6. The maximum Gasteiger partial charge on any atom is 0.390 e. The van der Waals surface area contributed by atoms with Crippen LogP contribution >= 0.6 is 0 Å². The van der Waals surface area contributed by atoms with Gasteiger partial charge < -0.3 is 10.1 Å². The van der Waals surface area contributed by atoms with E-state index in [1.165, 1.54) is 6.07 Å². The van der Waals surface area contributed by atoms with Crippen LogP contribution in [-0.4, -0.2) is 34.3 Å². The second-order valence-electron chi connectivity index (χ2n) is 5.77. The van der Waals surface area contributed by atoms with Gasteiger partial charge in [0.05, 0.1) is 22.4 Å². The summed E-state index contributed by atoms with van der Waals surface area (Å²) in [6.45, 7) is 3.76. The minimum Gasteiger partial charge on any atom is -0.358 e. The monoisotopic (exact) mass is 337 g/mol. The van der Waals surface area contributed by atoms with E-state index in [9.17, 15) is 10.1 Å². The molecule has 0 spiro atoms. The summed E-state index contributed by atoms with van der Waals surface area (Å²) in [7, 11) is 0. The topological polar surface area (TPSA) is 104 Å². The summed E-state index contributed by atoms with van der Waals surface area (Å²) in [5.74, 6) is 0.383. The van der Waals surface area contributed by atoms with Gasteiger partial charge in [-0.3, -0.25) is 0 Å². The molecule has 126 valence electrons. The van der Waals surface area contributed by atoms with Gasteiger partial charge in [-0.25, -0.2) is 14.5 Å². The van der Waals surface area contributed by atoms with Gasteiger partial charge in [-0.1, -0.05) is 19.1 Å². The lowest BCUT2D eigenvalue weighted by atomic mass is 10.2. The highest BCUT2D eigenvalue weighted by Gasteiger charge is 2.26. The highest BCUT2D eigenvalue weighted by molar-refractivity contribution is 5.90. The number of hydrogen-bond donors (Lipinski definition) is 0. The molecule has 0 saturated carbocycles. The summed E-state index contributed by atoms with van der Waals surface area (Å²) in [6, 6.07) is 8.88. The van der Waals surface area contributed by atoms with E-state index in [1.54, 1.807) is 22.4 Å². The predicted molar refractivity (Wildman–Crippen MR) is 90.3 cm³/mol. The number of benzene rings is 1. The van der Waals surface area contributed by atoms with Gasteiger partial charge in [0, 0.05) is 5.39 Å². The van der Waals surface area contributed by atoms with E-state index in [0.717, 1.165) is 10.9 Å². The standard InChI is InChI=1S/C16H15N7O2/c1-3-13(22-10(2)8-14(19-22)23(24)25)15-18-16-11-6-4-5-7-12(11)17-9-21(16)20-15/h4-9,13H,3H2,1-2H3. The summed E-state index contributed by atoms with van der Waals surface area (Å²) in [6.07, 6.45) is 2.28. The fraction of sp³-hybridized carbons (Fsp3) is 0.250. The van der Waals surface area contributed by atoms with E-state index >= 15 is 0 Å². The molecule has 0 radical (unpaired) electrons. The van der Waals surface area contributed by atoms with Crippen LogP contribution in [0.4, 0.5) is 5.82 Å². The lowest BCUT2D eigenvalue weighted by Gasteiger charge is -2.09. The number of hydrogen-bond acceptors (Lipinski definition) is 6. The fourth-order valence-corrected chi connectivity index (χ4v) is 2.98. The molecule has 4 aromatic rings.